The van der Waals surface area contributed by atoms with Gasteiger partial charge in [-0.15, -0.1) is 0 Å². The third-order valence-corrected chi connectivity index (χ3v) is 2.21. The Morgan fingerprint density at radius 1 is 1.57 bits per heavy atom. The first kappa shape index (κ1) is 11.0. The summed E-state index contributed by atoms with van der Waals surface area (Å²) >= 11 is 2.55. The first-order valence-corrected chi connectivity index (χ1v) is 4.07. The number of carboxylic acids is 1. The number of carbonyl (C=O) groups is 1. The van der Waals surface area contributed by atoms with E-state index in [0.717, 1.165) is 7.05 Å². The number of aromatic nitrogens is 2. The molecule has 0 saturated carbocycles. The minimum absolute atomic E-state index is 0.480. The van der Waals surface area contributed by atoms with Crippen LogP contribution in [-0.4, -0.2) is 20.9 Å². The fourth-order valence-electron chi connectivity index (χ4n) is 0.943. The molecular formula is C6H4BrF3N2O2. The van der Waals surface area contributed by atoms with Gasteiger partial charge in [0.25, 0.3) is 0 Å². The second-order valence-corrected chi connectivity index (χ2v) is 3.23. The van der Waals surface area contributed by atoms with Gasteiger partial charge in [-0.1, -0.05) is 0 Å². The summed E-state index contributed by atoms with van der Waals surface area (Å²) in [4.78, 5) is 10.4. The maximum absolute atomic E-state index is 12.3. The lowest BCUT2D eigenvalue weighted by Gasteiger charge is -2.06. The van der Waals surface area contributed by atoms with E-state index in [1.54, 1.807) is 0 Å². The van der Waals surface area contributed by atoms with Crippen molar-refractivity contribution in [3.8, 4) is 0 Å². The maximum Gasteiger partial charge on any atom is 0.434 e. The van der Waals surface area contributed by atoms with Crippen molar-refractivity contribution in [2.24, 2.45) is 7.05 Å². The molecule has 4 nitrogen and oxygen atoms in total. The minimum atomic E-state index is -4.63. The topological polar surface area (TPSA) is 55.1 Å². The maximum atomic E-state index is 12.3. The predicted molar refractivity (Wildman–Crippen MR) is 42.9 cm³/mol. The molecule has 1 rings (SSSR count). The Hall–Kier alpha value is -1.05. The minimum Gasteiger partial charge on any atom is -0.476 e. The van der Waals surface area contributed by atoms with Crippen LogP contribution in [0, 0.1) is 0 Å². The van der Waals surface area contributed by atoms with E-state index >= 15 is 0 Å². The highest BCUT2D eigenvalue weighted by atomic mass is 79.9. The highest BCUT2D eigenvalue weighted by Crippen LogP contribution is 2.35. The first-order valence-electron chi connectivity index (χ1n) is 3.28. The van der Waals surface area contributed by atoms with Crippen LogP contribution in [0.15, 0.2) is 4.47 Å². The lowest BCUT2D eigenvalue weighted by Crippen LogP contribution is -2.12. The third kappa shape index (κ3) is 1.74. The van der Waals surface area contributed by atoms with E-state index in [-0.39, 0.29) is 0 Å². The number of carboxylic acid groups (broad SMARTS) is 1. The van der Waals surface area contributed by atoms with Crippen molar-refractivity contribution in [3.63, 3.8) is 0 Å². The molecule has 1 aromatic rings. The van der Waals surface area contributed by atoms with Gasteiger partial charge in [-0.2, -0.15) is 18.3 Å². The molecule has 0 saturated heterocycles. The molecule has 8 heteroatoms. The van der Waals surface area contributed by atoms with Gasteiger partial charge in [-0.25, -0.2) is 4.79 Å². The smallest absolute Gasteiger partial charge is 0.434 e. The van der Waals surface area contributed by atoms with Gasteiger partial charge < -0.3 is 5.11 Å². The van der Waals surface area contributed by atoms with E-state index in [1.165, 1.54) is 0 Å². The second kappa shape index (κ2) is 3.26. The molecular weight excluding hydrogens is 269 g/mol. The van der Waals surface area contributed by atoms with Gasteiger partial charge >= 0.3 is 12.1 Å². The van der Waals surface area contributed by atoms with Crippen molar-refractivity contribution in [2.75, 3.05) is 0 Å². The molecule has 1 N–H and O–H groups in total. The Kier molecular flexibility index (Phi) is 2.57. The average Bonchev–Trinajstić information content (AvgIpc) is 2.24. The van der Waals surface area contributed by atoms with Crippen LogP contribution in [0.5, 0.6) is 0 Å². The summed E-state index contributed by atoms with van der Waals surface area (Å²) in [7, 11) is 1.03. The predicted octanol–water partition coefficient (Wildman–Crippen LogP) is 1.90. The zero-order valence-electron chi connectivity index (χ0n) is 6.76. The van der Waals surface area contributed by atoms with Crippen LogP contribution in [-0.2, 0) is 13.2 Å². The Morgan fingerprint density at radius 2 is 2.07 bits per heavy atom. The van der Waals surface area contributed by atoms with Gasteiger partial charge in [-0.3, -0.25) is 4.68 Å². The molecule has 1 aromatic heterocycles. The molecule has 0 atom stereocenters. The average molecular weight is 273 g/mol. The highest BCUT2D eigenvalue weighted by molar-refractivity contribution is 9.10. The molecule has 0 aliphatic rings. The summed E-state index contributed by atoms with van der Waals surface area (Å²) in [6, 6.07) is 0. The number of hydrogen-bond acceptors (Lipinski definition) is 2. The van der Waals surface area contributed by atoms with Gasteiger partial charge in [0.2, 0.25) is 0 Å². The van der Waals surface area contributed by atoms with Gasteiger partial charge in [0.15, 0.2) is 11.4 Å². The summed E-state index contributed by atoms with van der Waals surface area (Å²) in [6.07, 6.45) is -4.63. The van der Waals surface area contributed by atoms with Gasteiger partial charge in [0.05, 0.1) is 4.47 Å². The fraction of sp³-hybridized carbons (Fsp3) is 0.333. The third-order valence-electron chi connectivity index (χ3n) is 1.46. The van der Waals surface area contributed by atoms with Crippen LogP contribution in [0.3, 0.4) is 0 Å². The Morgan fingerprint density at radius 3 is 2.29 bits per heavy atom. The number of alkyl halides is 3. The van der Waals surface area contributed by atoms with E-state index in [0.29, 0.717) is 4.68 Å². The lowest BCUT2D eigenvalue weighted by molar-refractivity contribution is -0.144. The largest absolute Gasteiger partial charge is 0.476 e. The number of rotatable bonds is 1. The zero-order chi connectivity index (χ0) is 11.1. The van der Waals surface area contributed by atoms with Crippen molar-refractivity contribution in [1.82, 2.24) is 9.78 Å². The number of halogens is 4. The molecule has 1 heterocycles. The SMILES string of the molecule is Cn1nc(C(=O)O)c(Br)c1C(F)(F)F. The summed E-state index contributed by atoms with van der Waals surface area (Å²) in [5, 5.41) is 11.7. The normalized spacial score (nSPS) is 11.8. The summed E-state index contributed by atoms with van der Waals surface area (Å²) < 4.78 is 36.8. The van der Waals surface area contributed by atoms with Crippen LogP contribution in [0.2, 0.25) is 0 Å². The number of hydrogen-bond donors (Lipinski definition) is 1. The molecule has 0 fully saturated rings. The van der Waals surface area contributed by atoms with Crippen molar-refractivity contribution in [2.45, 2.75) is 6.18 Å². The van der Waals surface area contributed by atoms with Crippen molar-refractivity contribution in [1.29, 1.82) is 0 Å². The molecule has 14 heavy (non-hydrogen) atoms. The quantitative estimate of drug-likeness (QED) is 0.850. The van der Waals surface area contributed by atoms with E-state index in [1.807, 2.05) is 0 Å². The molecule has 0 radical (unpaired) electrons. The Labute approximate surface area is 84.5 Å². The molecule has 0 spiro atoms. The van der Waals surface area contributed by atoms with Crippen LogP contribution in [0.1, 0.15) is 16.2 Å². The standard InChI is InChI=1S/C6H4BrF3N2O2/c1-12-4(6(8,9)10)2(7)3(11-12)5(13)14/h1H3,(H,13,14). The summed E-state index contributed by atoms with van der Waals surface area (Å²) in [6.45, 7) is 0. The van der Waals surface area contributed by atoms with E-state index < -0.39 is 28.0 Å². The van der Waals surface area contributed by atoms with Gasteiger partial charge in [0, 0.05) is 7.05 Å². The fourth-order valence-corrected chi connectivity index (χ4v) is 1.67. The molecule has 78 valence electrons. The van der Waals surface area contributed by atoms with Crippen LogP contribution < -0.4 is 0 Å². The van der Waals surface area contributed by atoms with Crippen molar-refractivity contribution < 1.29 is 23.1 Å². The first-order chi connectivity index (χ1) is 6.25. The Bertz CT molecular complexity index is 385. The molecule has 0 aromatic carbocycles. The van der Waals surface area contributed by atoms with Crippen molar-refractivity contribution in [3.05, 3.63) is 15.9 Å². The van der Waals surface area contributed by atoms with E-state index in [2.05, 4.69) is 21.0 Å². The molecule has 0 amide bonds. The second-order valence-electron chi connectivity index (χ2n) is 2.44. The molecule has 0 aliphatic heterocycles. The van der Waals surface area contributed by atoms with Crippen LogP contribution >= 0.6 is 15.9 Å². The molecule has 0 aliphatic carbocycles. The number of aromatic carboxylic acids is 1. The zero-order valence-corrected chi connectivity index (χ0v) is 8.35. The number of aryl methyl sites for hydroxylation is 1. The van der Waals surface area contributed by atoms with Crippen molar-refractivity contribution >= 4 is 21.9 Å². The van der Waals surface area contributed by atoms with Gasteiger partial charge in [0.1, 0.15) is 0 Å². The van der Waals surface area contributed by atoms with Gasteiger partial charge in [-0.05, 0) is 15.9 Å². The monoisotopic (exact) mass is 272 g/mol. The highest BCUT2D eigenvalue weighted by Gasteiger charge is 2.39. The van der Waals surface area contributed by atoms with Crippen LogP contribution in [0.4, 0.5) is 13.2 Å². The van der Waals surface area contributed by atoms with E-state index in [4.69, 9.17) is 5.11 Å². The number of nitrogens with zero attached hydrogens (tertiary/aromatic N) is 2. The molecule has 0 unspecified atom stereocenters. The van der Waals surface area contributed by atoms with E-state index in [9.17, 15) is 18.0 Å². The molecule has 0 bridgehead atoms. The lowest BCUT2D eigenvalue weighted by atomic mass is 10.3. The summed E-state index contributed by atoms with van der Waals surface area (Å²) in [5.74, 6) is -1.51. The van der Waals surface area contributed by atoms with Crippen LogP contribution in [0.25, 0.3) is 0 Å². The Balaban J connectivity index is 3.40. The summed E-state index contributed by atoms with van der Waals surface area (Å²) in [5.41, 5.74) is -1.77.